The zero-order chi connectivity index (χ0) is 15.9. The minimum absolute atomic E-state index is 0.174. The van der Waals surface area contributed by atoms with Gasteiger partial charge in [0.1, 0.15) is 0 Å². The van der Waals surface area contributed by atoms with Gasteiger partial charge in [0, 0.05) is 22.6 Å². The Balaban J connectivity index is 1.98. The quantitative estimate of drug-likeness (QED) is 0.596. The minimum Gasteiger partial charge on any atom is -0.478 e. The Hall–Kier alpha value is -2.07. The predicted molar refractivity (Wildman–Crippen MR) is 88.6 cm³/mol. The molecule has 2 aromatic rings. The summed E-state index contributed by atoms with van der Waals surface area (Å²) in [6, 6.07) is 14.5. The number of rotatable bonds is 7. The van der Waals surface area contributed by atoms with E-state index in [0.717, 1.165) is 22.4 Å². The van der Waals surface area contributed by atoms with Crippen LogP contribution in [0.25, 0.3) is 0 Å². The van der Waals surface area contributed by atoms with Crippen molar-refractivity contribution in [2.75, 3.05) is 0 Å². The van der Waals surface area contributed by atoms with Gasteiger partial charge in [-0.25, -0.2) is 4.79 Å². The monoisotopic (exact) mass is 314 g/mol. The fraction of sp³-hybridized carbons (Fsp3) is 0.222. The molecule has 22 heavy (non-hydrogen) atoms. The molecule has 0 unspecified atom stereocenters. The van der Waals surface area contributed by atoms with Crippen molar-refractivity contribution in [3.05, 3.63) is 65.2 Å². The largest absolute Gasteiger partial charge is 0.478 e. The normalized spacial score (nSPS) is 10.4. The Kier molecular flexibility index (Phi) is 5.78. The van der Waals surface area contributed by atoms with E-state index >= 15 is 0 Å². The van der Waals surface area contributed by atoms with E-state index in [1.807, 2.05) is 37.3 Å². The number of benzene rings is 2. The van der Waals surface area contributed by atoms with E-state index in [-0.39, 0.29) is 5.78 Å². The molecule has 0 aliphatic rings. The highest BCUT2D eigenvalue weighted by molar-refractivity contribution is 7.98. The fourth-order valence-electron chi connectivity index (χ4n) is 2.07. The first-order valence-corrected chi connectivity index (χ1v) is 8.17. The molecule has 0 heterocycles. The summed E-state index contributed by atoms with van der Waals surface area (Å²) < 4.78 is 0. The molecule has 0 atom stereocenters. The summed E-state index contributed by atoms with van der Waals surface area (Å²) in [6.07, 6.45) is 1.43. The van der Waals surface area contributed by atoms with Crippen LogP contribution in [0.3, 0.4) is 0 Å². The third-order valence-electron chi connectivity index (χ3n) is 3.23. The summed E-state index contributed by atoms with van der Waals surface area (Å²) in [5.41, 5.74) is 2.02. The van der Waals surface area contributed by atoms with Gasteiger partial charge in [-0.2, -0.15) is 0 Å². The standard InChI is InChI=1S/C18H18O3S/c1-2-4-17(19)14-7-9-16(10-8-14)22-12-13-5-3-6-15(11-13)18(20)21/h3,5-11H,2,4,12H2,1H3,(H,20,21). The van der Waals surface area contributed by atoms with Crippen LogP contribution in [0.1, 0.15) is 46.0 Å². The molecule has 1 N–H and O–H groups in total. The van der Waals surface area contributed by atoms with Crippen molar-refractivity contribution >= 4 is 23.5 Å². The highest BCUT2D eigenvalue weighted by atomic mass is 32.2. The van der Waals surface area contributed by atoms with Gasteiger partial charge >= 0.3 is 5.97 Å². The van der Waals surface area contributed by atoms with Gasteiger partial charge in [-0.3, -0.25) is 4.79 Å². The Morgan fingerprint density at radius 2 is 1.77 bits per heavy atom. The second-order valence-electron chi connectivity index (χ2n) is 4.99. The van der Waals surface area contributed by atoms with Crippen molar-refractivity contribution in [2.45, 2.75) is 30.4 Å². The molecule has 3 nitrogen and oxygen atoms in total. The third kappa shape index (κ3) is 4.46. The van der Waals surface area contributed by atoms with Crippen LogP contribution in [0.5, 0.6) is 0 Å². The zero-order valence-corrected chi connectivity index (χ0v) is 13.2. The lowest BCUT2D eigenvalue weighted by Gasteiger charge is -2.05. The van der Waals surface area contributed by atoms with Crippen LogP contribution in [-0.2, 0) is 5.75 Å². The van der Waals surface area contributed by atoms with Crippen molar-refractivity contribution in [1.29, 1.82) is 0 Å². The topological polar surface area (TPSA) is 54.4 Å². The molecule has 0 saturated heterocycles. The number of carboxylic acid groups (broad SMARTS) is 1. The number of ketones is 1. The molecule has 4 heteroatoms. The van der Waals surface area contributed by atoms with E-state index in [9.17, 15) is 9.59 Å². The number of hydrogen-bond acceptors (Lipinski definition) is 3. The van der Waals surface area contributed by atoms with Gasteiger partial charge < -0.3 is 5.11 Å². The third-order valence-corrected chi connectivity index (χ3v) is 4.32. The molecule has 0 saturated carbocycles. The zero-order valence-electron chi connectivity index (χ0n) is 12.4. The molecular weight excluding hydrogens is 296 g/mol. The lowest BCUT2D eigenvalue weighted by Crippen LogP contribution is -1.97. The first-order chi connectivity index (χ1) is 10.6. The van der Waals surface area contributed by atoms with E-state index in [1.165, 1.54) is 0 Å². The summed E-state index contributed by atoms with van der Waals surface area (Å²) in [5.74, 6) is -0.0394. The Morgan fingerprint density at radius 1 is 1.05 bits per heavy atom. The molecule has 2 aromatic carbocycles. The summed E-state index contributed by atoms with van der Waals surface area (Å²) in [5, 5.41) is 8.98. The van der Waals surface area contributed by atoms with Crippen molar-refractivity contribution in [2.24, 2.45) is 0 Å². The first kappa shape index (κ1) is 16.3. The SMILES string of the molecule is CCCC(=O)c1ccc(SCc2cccc(C(=O)O)c2)cc1. The molecule has 0 aromatic heterocycles. The van der Waals surface area contributed by atoms with Crippen molar-refractivity contribution in [1.82, 2.24) is 0 Å². The van der Waals surface area contributed by atoms with Gasteiger partial charge in [0.05, 0.1) is 5.56 Å². The number of carbonyl (C=O) groups is 2. The Morgan fingerprint density at radius 3 is 2.41 bits per heavy atom. The van der Waals surface area contributed by atoms with Crippen LogP contribution >= 0.6 is 11.8 Å². The Labute approximate surface area is 134 Å². The molecule has 114 valence electrons. The fourth-order valence-corrected chi connectivity index (χ4v) is 2.91. The van der Waals surface area contributed by atoms with E-state index in [2.05, 4.69) is 0 Å². The maximum atomic E-state index is 11.8. The summed E-state index contributed by atoms with van der Waals surface area (Å²) >= 11 is 1.62. The van der Waals surface area contributed by atoms with Crippen LogP contribution < -0.4 is 0 Å². The van der Waals surface area contributed by atoms with Crippen molar-refractivity contribution in [3.63, 3.8) is 0 Å². The summed E-state index contributed by atoms with van der Waals surface area (Å²) in [7, 11) is 0. The molecule has 0 amide bonds. The summed E-state index contributed by atoms with van der Waals surface area (Å²) in [4.78, 5) is 23.8. The van der Waals surface area contributed by atoms with Crippen LogP contribution in [0.4, 0.5) is 0 Å². The van der Waals surface area contributed by atoms with Gasteiger partial charge in [-0.05, 0) is 36.2 Å². The van der Waals surface area contributed by atoms with E-state index in [0.29, 0.717) is 17.7 Å². The van der Waals surface area contributed by atoms with Crippen molar-refractivity contribution in [3.8, 4) is 0 Å². The van der Waals surface area contributed by atoms with Crippen LogP contribution in [-0.4, -0.2) is 16.9 Å². The average molecular weight is 314 g/mol. The second-order valence-corrected chi connectivity index (χ2v) is 6.04. The average Bonchev–Trinajstić information content (AvgIpc) is 2.54. The van der Waals surface area contributed by atoms with Gasteiger partial charge in [-0.15, -0.1) is 11.8 Å². The highest BCUT2D eigenvalue weighted by Gasteiger charge is 2.06. The first-order valence-electron chi connectivity index (χ1n) is 7.18. The number of Topliss-reactive ketones (excluding diaryl/α,β-unsaturated/α-hetero) is 1. The van der Waals surface area contributed by atoms with Crippen molar-refractivity contribution < 1.29 is 14.7 Å². The molecule has 0 fully saturated rings. The molecule has 0 aliphatic heterocycles. The van der Waals surface area contributed by atoms with E-state index < -0.39 is 5.97 Å². The van der Waals surface area contributed by atoms with E-state index in [1.54, 1.807) is 30.0 Å². The molecular formula is C18H18O3S. The van der Waals surface area contributed by atoms with Crippen LogP contribution in [0.15, 0.2) is 53.4 Å². The van der Waals surface area contributed by atoms with Gasteiger partial charge in [0.25, 0.3) is 0 Å². The number of carbonyl (C=O) groups excluding carboxylic acids is 1. The van der Waals surface area contributed by atoms with Gasteiger partial charge in [0.15, 0.2) is 5.78 Å². The summed E-state index contributed by atoms with van der Waals surface area (Å²) in [6.45, 7) is 1.99. The number of carboxylic acids is 1. The van der Waals surface area contributed by atoms with Crippen LogP contribution in [0.2, 0.25) is 0 Å². The highest BCUT2D eigenvalue weighted by Crippen LogP contribution is 2.24. The molecule has 2 rings (SSSR count). The number of aromatic carboxylic acids is 1. The molecule has 0 spiro atoms. The predicted octanol–water partition coefficient (Wildman–Crippen LogP) is 4.66. The van der Waals surface area contributed by atoms with E-state index in [4.69, 9.17) is 5.11 Å². The maximum Gasteiger partial charge on any atom is 0.335 e. The molecule has 0 radical (unpaired) electrons. The molecule has 0 aliphatic carbocycles. The van der Waals surface area contributed by atoms with Gasteiger partial charge in [0.2, 0.25) is 0 Å². The second kappa shape index (κ2) is 7.80. The lowest BCUT2D eigenvalue weighted by atomic mass is 10.1. The van der Waals surface area contributed by atoms with Crippen LogP contribution in [0, 0.1) is 0 Å². The number of hydrogen-bond donors (Lipinski definition) is 1. The van der Waals surface area contributed by atoms with Gasteiger partial charge in [-0.1, -0.05) is 31.2 Å². The smallest absolute Gasteiger partial charge is 0.335 e. The minimum atomic E-state index is -0.911. The molecule has 0 bridgehead atoms. The lowest BCUT2D eigenvalue weighted by molar-refractivity contribution is 0.0696. The Bertz CT molecular complexity index is 662. The number of thioether (sulfide) groups is 1. The maximum absolute atomic E-state index is 11.8.